The molecule has 8 nitrogen and oxygen atoms in total. The monoisotopic (exact) mass is 446 g/mol. The Hall–Kier alpha value is -2.53. The summed E-state index contributed by atoms with van der Waals surface area (Å²) < 4.78 is 48.5. The lowest BCUT2D eigenvalue weighted by atomic mass is 10.1. The van der Waals surface area contributed by atoms with Gasteiger partial charge < -0.3 is 24.6 Å². The van der Waals surface area contributed by atoms with E-state index in [0.717, 1.165) is 37.4 Å². The number of ether oxygens (including phenoxy) is 3. The van der Waals surface area contributed by atoms with Gasteiger partial charge in [-0.3, -0.25) is 9.69 Å². The van der Waals surface area contributed by atoms with Gasteiger partial charge in [0, 0.05) is 31.6 Å². The molecule has 172 valence electrons. The number of aliphatic carboxylic acids is 1. The predicted octanol–water partition coefficient (Wildman–Crippen LogP) is 2.30. The molecule has 1 aromatic rings. The van der Waals surface area contributed by atoms with Crippen LogP contribution in [0.25, 0.3) is 0 Å². The molecule has 31 heavy (non-hydrogen) atoms. The molecule has 0 unspecified atom stereocenters. The van der Waals surface area contributed by atoms with Crippen LogP contribution in [0.1, 0.15) is 32.3 Å². The summed E-state index contributed by atoms with van der Waals surface area (Å²) in [6, 6.07) is 6.56. The number of benzene rings is 1. The van der Waals surface area contributed by atoms with Gasteiger partial charge in [0.15, 0.2) is 11.5 Å². The van der Waals surface area contributed by atoms with E-state index in [1.165, 1.54) is 5.56 Å². The fourth-order valence-electron chi connectivity index (χ4n) is 3.85. The van der Waals surface area contributed by atoms with E-state index in [1.54, 1.807) is 0 Å². The second kappa shape index (κ2) is 9.31. The van der Waals surface area contributed by atoms with Crippen LogP contribution in [0, 0.1) is 0 Å². The highest BCUT2D eigenvalue weighted by atomic mass is 19.4. The lowest BCUT2D eigenvalue weighted by Gasteiger charge is -2.23. The third-order valence-electron chi connectivity index (χ3n) is 5.18. The molecule has 0 saturated carbocycles. The molecule has 0 bridgehead atoms. The molecule has 0 aliphatic carbocycles. The highest BCUT2D eigenvalue weighted by Gasteiger charge is 2.45. The molecule has 0 radical (unpaired) electrons. The Morgan fingerprint density at radius 3 is 2.58 bits per heavy atom. The van der Waals surface area contributed by atoms with Crippen LogP contribution < -0.4 is 14.8 Å². The summed E-state index contributed by atoms with van der Waals surface area (Å²) >= 11 is 0. The molecule has 4 rings (SSSR count). The van der Waals surface area contributed by atoms with E-state index in [4.69, 9.17) is 24.1 Å². The highest BCUT2D eigenvalue weighted by molar-refractivity contribution is 5.81. The van der Waals surface area contributed by atoms with E-state index in [9.17, 15) is 18.0 Å². The van der Waals surface area contributed by atoms with Crippen molar-refractivity contribution in [3.8, 4) is 11.5 Å². The Kier molecular flexibility index (Phi) is 6.95. The van der Waals surface area contributed by atoms with Crippen molar-refractivity contribution in [3.63, 3.8) is 0 Å². The second-order valence-corrected chi connectivity index (χ2v) is 7.88. The second-order valence-electron chi connectivity index (χ2n) is 7.88. The minimum atomic E-state index is -5.08. The first-order valence-electron chi connectivity index (χ1n) is 9.93. The topological polar surface area (TPSA) is 97.3 Å². The zero-order chi connectivity index (χ0) is 22.8. The van der Waals surface area contributed by atoms with E-state index in [0.29, 0.717) is 12.8 Å². The van der Waals surface area contributed by atoms with Crippen LogP contribution >= 0.6 is 0 Å². The van der Waals surface area contributed by atoms with Gasteiger partial charge in [-0.25, -0.2) is 4.79 Å². The molecule has 2 fully saturated rings. The minimum Gasteiger partial charge on any atom is -0.475 e. The molecular weight excluding hydrogens is 421 g/mol. The van der Waals surface area contributed by atoms with Crippen LogP contribution in [-0.4, -0.2) is 65.7 Å². The maximum Gasteiger partial charge on any atom is 0.490 e. The average molecular weight is 446 g/mol. The number of amides is 1. The van der Waals surface area contributed by atoms with Gasteiger partial charge in [-0.1, -0.05) is 6.07 Å². The molecule has 1 aromatic carbocycles. The van der Waals surface area contributed by atoms with Crippen LogP contribution in [0.4, 0.5) is 13.2 Å². The average Bonchev–Trinajstić information content (AvgIpc) is 3.37. The molecule has 1 amide bonds. The summed E-state index contributed by atoms with van der Waals surface area (Å²) in [6.45, 7) is 6.09. The van der Waals surface area contributed by atoms with Crippen LogP contribution in [0.15, 0.2) is 18.2 Å². The third kappa shape index (κ3) is 5.79. The van der Waals surface area contributed by atoms with Crippen molar-refractivity contribution in [3.05, 3.63) is 23.8 Å². The van der Waals surface area contributed by atoms with Crippen LogP contribution in [-0.2, 0) is 20.9 Å². The maximum atomic E-state index is 12.2. The number of rotatable bonds is 4. The molecule has 3 heterocycles. The Morgan fingerprint density at radius 2 is 1.94 bits per heavy atom. The van der Waals surface area contributed by atoms with Crippen molar-refractivity contribution in [2.45, 2.75) is 63.7 Å². The fraction of sp³-hybridized carbons (Fsp3) is 0.600. The van der Waals surface area contributed by atoms with Gasteiger partial charge in [-0.15, -0.1) is 0 Å². The number of carbonyl (C=O) groups excluding carboxylic acids is 1. The van der Waals surface area contributed by atoms with Gasteiger partial charge in [-0.2, -0.15) is 13.2 Å². The first-order chi connectivity index (χ1) is 14.5. The van der Waals surface area contributed by atoms with Crippen molar-refractivity contribution in [1.29, 1.82) is 0 Å². The zero-order valence-electron chi connectivity index (χ0n) is 17.1. The van der Waals surface area contributed by atoms with Crippen molar-refractivity contribution in [2.24, 2.45) is 0 Å². The Balaban J connectivity index is 0.000000339. The molecule has 2 N–H and O–H groups in total. The van der Waals surface area contributed by atoms with Crippen molar-refractivity contribution < 1.29 is 42.1 Å². The lowest BCUT2D eigenvalue weighted by molar-refractivity contribution is -0.192. The van der Waals surface area contributed by atoms with Crippen LogP contribution in [0.2, 0.25) is 0 Å². The number of hydrogen-bond donors (Lipinski definition) is 2. The summed E-state index contributed by atoms with van der Waals surface area (Å²) in [7, 11) is 0. The largest absolute Gasteiger partial charge is 0.490 e. The number of hydrogen-bond acceptors (Lipinski definition) is 6. The van der Waals surface area contributed by atoms with Gasteiger partial charge in [-0.05, 0) is 38.0 Å². The normalized spacial score (nSPS) is 24.5. The van der Waals surface area contributed by atoms with Crippen molar-refractivity contribution >= 4 is 11.9 Å². The Bertz CT molecular complexity index is 817. The number of alkyl halides is 3. The molecule has 0 spiro atoms. The number of fused-ring (bicyclic) bond motifs is 2. The SMILES string of the molecule is CC(C)NC(=O)[C@@H]1C[C@H]2[C@H](CCN2Cc2ccc3c(c2)OCO3)O1.O=C(O)C(F)(F)F. The first-order valence-corrected chi connectivity index (χ1v) is 9.93. The van der Waals surface area contributed by atoms with Crippen molar-refractivity contribution in [1.82, 2.24) is 10.2 Å². The molecule has 3 aliphatic heterocycles. The summed E-state index contributed by atoms with van der Waals surface area (Å²) in [5, 5.41) is 10.1. The predicted molar refractivity (Wildman–Crippen MR) is 102 cm³/mol. The first kappa shape index (κ1) is 23.1. The Labute approximate surface area is 177 Å². The summed E-state index contributed by atoms with van der Waals surface area (Å²) in [5.74, 6) is -1.11. The van der Waals surface area contributed by atoms with Gasteiger partial charge in [0.1, 0.15) is 6.10 Å². The van der Waals surface area contributed by atoms with E-state index in [-0.39, 0.29) is 24.2 Å². The van der Waals surface area contributed by atoms with Crippen LogP contribution in [0.5, 0.6) is 11.5 Å². The number of carbonyl (C=O) groups is 2. The van der Waals surface area contributed by atoms with Gasteiger partial charge in [0.2, 0.25) is 12.7 Å². The maximum absolute atomic E-state index is 12.2. The van der Waals surface area contributed by atoms with E-state index >= 15 is 0 Å². The minimum absolute atomic E-state index is 0.0161. The number of halogens is 3. The van der Waals surface area contributed by atoms with Gasteiger partial charge in [0.05, 0.1) is 6.10 Å². The summed E-state index contributed by atoms with van der Waals surface area (Å²) in [4.78, 5) is 23.5. The molecule has 2 saturated heterocycles. The van der Waals surface area contributed by atoms with E-state index in [2.05, 4.69) is 22.3 Å². The van der Waals surface area contributed by atoms with Crippen molar-refractivity contribution in [2.75, 3.05) is 13.3 Å². The van der Waals surface area contributed by atoms with E-state index in [1.807, 2.05) is 19.9 Å². The van der Waals surface area contributed by atoms with Gasteiger partial charge in [0.25, 0.3) is 0 Å². The fourth-order valence-corrected chi connectivity index (χ4v) is 3.85. The number of likely N-dealkylation sites (tertiary alicyclic amines) is 1. The number of carboxylic acid groups (broad SMARTS) is 1. The third-order valence-corrected chi connectivity index (χ3v) is 5.18. The summed E-state index contributed by atoms with van der Waals surface area (Å²) in [5.41, 5.74) is 1.20. The van der Waals surface area contributed by atoms with Crippen LogP contribution in [0.3, 0.4) is 0 Å². The molecule has 11 heteroatoms. The standard InChI is InChI=1S/C18H24N2O4.C2HF3O2/c1-11(2)19-18(21)17-8-13-14(24-17)5-6-20(13)9-12-3-4-15-16(7-12)23-10-22-15;3-2(4,5)1(6)7/h3-4,7,11,13-14,17H,5-6,8-10H2,1-2H3,(H,19,21);(H,6,7)/t13-,14-,17-;/m0./s1. The molecule has 3 atom stereocenters. The lowest BCUT2D eigenvalue weighted by Crippen LogP contribution is -2.39. The molecular formula is C20H25F3N2O6. The molecule has 0 aromatic heterocycles. The number of nitrogens with zero attached hydrogens (tertiary/aromatic N) is 1. The number of carboxylic acids is 1. The zero-order valence-corrected chi connectivity index (χ0v) is 17.1. The number of nitrogens with one attached hydrogen (secondary N) is 1. The summed E-state index contributed by atoms with van der Waals surface area (Å²) in [6.07, 6.45) is -3.47. The highest BCUT2D eigenvalue weighted by Crippen LogP contribution is 2.36. The Morgan fingerprint density at radius 1 is 1.26 bits per heavy atom. The smallest absolute Gasteiger partial charge is 0.475 e. The van der Waals surface area contributed by atoms with E-state index < -0.39 is 12.1 Å². The molecule has 3 aliphatic rings. The van der Waals surface area contributed by atoms with Gasteiger partial charge >= 0.3 is 12.1 Å². The quantitative estimate of drug-likeness (QED) is 0.733.